The number of fused-ring (bicyclic) bond motifs is 1. The normalized spacial score (nSPS) is 11.3. The molecule has 0 heterocycles. The second-order valence-corrected chi connectivity index (χ2v) is 4.46. The zero-order valence-electron chi connectivity index (χ0n) is 9.84. The summed E-state index contributed by atoms with van der Waals surface area (Å²) >= 11 is 3.18. The minimum Gasteiger partial charge on any atom is -0.258 e. The lowest BCUT2D eigenvalue weighted by atomic mass is 10.0. The average Bonchev–Trinajstić information content (AvgIpc) is 2.43. The second kappa shape index (κ2) is 5.63. The standard InChI is InChI=1S/C14H9BrN2O2/c15-8-10(9-16)7-12-6-5-11-3-1-2-4-13(11)14(12)17(18)19/h1-7H,8H2/b10-7-. The fourth-order valence-corrected chi connectivity index (χ4v) is 2.17. The molecule has 0 aliphatic heterocycles. The molecule has 0 saturated carbocycles. The number of rotatable bonds is 3. The maximum atomic E-state index is 11.3. The Labute approximate surface area is 118 Å². The second-order valence-electron chi connectivity index (χ2n) is 3.90. The van der Waals surface area contributed by atoms with Crippen LogP contribution in [-0.4, -0.2) is 10.3 Å². The Morgan fingerprint density at radius 2 is 2.11 bits per heavy atom. The number of halogens is 1. The molecule has 0 radical (unpaired) electrons. The lowest BCUT2D eigenvalue weighted by Crippen LogP contribution is -1.94. The Kier molecular flexibility index (Phi) is 3.93. The van der Waals surface area contributed by atoms with Crippen LogP contribution >= 0.6 is 15.9 Å². The SMILES string of the molecule is N#C/C(=C\c1ccc2ccccc2c1[N+](=O)[O-])CBr. The highest BCUT2D eigenvalue weighted by Crippen LogP contribution is 2.31. The summed E-state index contributed by atoms with van der Waals surface area (Å²) in [4.78, 5) is 10.9. The number of nitro groups is 1. The van der Waals surface area contributed by atoms with Gasteiger partial charge in [-0.3, -0.25) is 10.1 Å². The van der Waals surface area contributed by atoms with Crippen LogP contribution in [0.1, 0.15) is 5.56 Å². The molecule has 2 aromatic rings. The van der Waals surface area contributed by atoms with E-state index in [9.17, 15) is 10.1 Å². The van der Waals surface area contributed by atoms with E-state index < -0.39 is 4.92 Å². The van der Waals surface area contributed by atoms with Crippen molar-refractivity contribution in [3.8, 4) is 6.07 Å². The van der Waals surface area contributed by atoms with Gasteiger partial charge in [0, 0.05) is 10.9 Å². The lowest BCUT2D eigenvalue weighted by molar-refractivity contribution is -0.383. The van der Waals surface area contributed by atoms with Gasteiger partial charge < -0.3 is 0 Å². The van der Waals surface area contributed by atoms with E-state index in [0.717, 1.165) is 5.39 Å². The number of hydrogen-bond acceptors (Lipinski definition) is 3. The molecule has 0 N–H and O–H groups in total. The molecule has 0 bridgehead atoms. The third kappa shape index (κ3) is 2.64. The summed E-state index contributed by atoms with van der Waals surface area (Å²) in [5.41, 5.74) is 0.921. The molecular weight excluding hydrogens is 308 g/mol. The first kappa shape index (κ1) is 13.2. The maximum Gasteiger partial charge on any atom is 0.284 e. The molecule has 0 fully saturated rings. The number of hydrogen-bond donors (Lipinski definition) is 0. The molecule has 0 unspecified atom stereocenters. The van der Waals surface area contributed by atoms with Crippen molar-refractivity contribution >= 4 is 38.5 Å². The van der Waals surface area contributed by atoms with Crippen molar-refractivity contribution in [2.24, 2.45) is 0 Å². The highest BCUT2D eigenvalue weighted by atomic mass is 79.9. The first-order valence-corrected chi connectivity index (χ1v) is 6.62. The summed E-state index contributed by atoms with van der Waals surface area (Å²) < 4.78 is 0. The number of alkyl halides is 1. The van der Waals surface area contributed by atoms with Gasteiger partial charge in [-0.1, -0.05) is 40.2 Å². The maximum absolute atomic E-state index is 11.3. The zero-order chi connectivity index (χ0) is 13.8. The summed E-state index contributed by atoms with van der Waals surface area (Å²) in [5, 5.41) is 21.9. The minimum atomic E-state index is -0.405. The number of benzene rings is 2. The first-order valence-electron chi connectivity index (χ1n) is 5.50. The molecule has 0 amide bonds. The van der Waals surface area contributed by atoms with Crippen LogP contribution in [0.3, 0.4) is 0 Å². The molecule has 0 aliphatic rings. The van der Waals surface area contributed by atoms with Crippen molar-refractivity contribution in [3.05, 3.63) is 57.6 Å². The molecule has 5 heteroatoms. The molecule has 19 heavy (non-hydrogen) atoms. The Hall–Kier alpha value is -2.19. The molecule has 0 aromatic heterocycles. The summed E-state index contributed by atoms with van der Waals surface area (Å²) in [6.07, 6.45) is 1.54. The topological polar surface area (TPSA) is 66.9 Å². The fraction of sp³-hybridized carbons (Fsp3) is 0.0714. The molecular formula is C14H9BrN2O2. The van der Waals surface area contributed by atoms with Crippen molar-refractivity contribution < 1.29 is 4.92 Å². The van der Waals surface area contributed by atoms with Crippen LogP contribution in [0, 0.1) is 21.4 Å². The lowest BCUT2D eigenvalue weighted by Gasteiger charge is -2.03. The van der Waals surface area contributed by atoms with Gasteiger partial charge in [0.05, 0.1) is 21.9 Å². The summed E-state index contributed by atoms with van der Waals surface area (Å²) in [5.74, 6) is 0. The number of nitrogens with zero attached hydrogens (tertiary/aromatic N) is 2. The minimum absolute atomic E-state index is 0.0341. The first-order chi connectivity index (χ1) is 9.17. The van der Waals surface area contributed by atoms with E-state index in [1.54, 1.807) is 24.3 Å². The Balaban J connectivity index is 2.76. The van der Waals surface area contributed by atoms with Crippen molar-refractivity contribution in [2.75, 3.05) is 5.33 Å². The quantitative estimate of drug-likeness (QED) is 0.371. The van der Waals surface area contributed by atoms with Crippen molar-refractivity contribution in [1.29, 1.82) is 5.26 Å². The van der Waals surface area contributed by atoms with Gasteiger partial charge in [-0.05, 0) is 23.6 Å². The highest BCUT2D eigenvalue weighted by Gasteiger charge is 2.16. The molecule has 0 atom stereocenters. The molecule has 0 spiro atoms. The molecule has 4 nitrogen and oxygen atoms in total. The average molecular weight is 317 g/mol. The van der Waals surface area contributed by atoms with Gasteiger partial charge in [-0.15, -0.1) is 0 Å². The van der Waals surface area contributed by atoms with E-state index in [-0.39, 0.29) is 5.69 Å². The smallest absolute Gasteiger partial charge is 0.258 e. The van der Waals surface area contributed by atoms with Crippen LogP contribution in [0.15, 0.2) is 42.0 Å². The van der Waals surface area contributed by atoms with Crippen LogP contribution in [0.25, 0.3) is 16.8 Å². The van der Waals surface area contributed by atoms with E-state index in [0.29, 0.717) is 21.9 Å². The Morgan fingerprint density at radius 3 is 2.74 bits per heavy atom. The van der Waals surface area contributed by atoms with Gasteiger partial charge in [0.2, 0.25) is 0 Å². The van der Waals surface area contributed by atoms with Gasteiger partial charge in [0.25, 0.3) is 5.69 Å². The highest BCUT2D eigenvalue weighted by molar-refractivity contribution is 9.09. The van der Waals surface area contributed by atoms with Crippen molar-refractivity contribution in [2.45, 2.75) is 0 Å². The van der Waals surface area contributed by atoms with Crippen LogP contribution in [0.5, 0.6) is 0 Å². The van der Waals surface area contributed by atoms with E-state index in [2.05, 4.69) is 15.9 Å². The zero-order valence-corrected chi connectivity index (χ0v) is 11.4. The molecule has 94 valence electrons. The predicted molar refractivity (Wildman–Crippen MR) is 78.0 cm³/mol. The summed E-state index contributed by atoms with van der Waals surface area (Å²) in [7, 11) is 0. The van der Waals surface area contributed by atoms with Gasteiger partial charge in [0.15, 0.2) is 0 Å². The van der Waals surface area contributed by atoms with Gasteiger partial charge in [-0.2, -0.15) is 5.26 Å². The van der Waals surface area contributed by atoms with E-state index >= 15 is 0 Å². The van der Waals surface area contributed by atoms with Crippen LogP contribution in [0.4, 0.5) is 5.69 Å². The Bertz CT molecular complexity index is 717. The molecule has 0 aliphatic carbocycles. The largest absolute Gasteiger partial charge is 0.284 e. The number of nitriles is 1. The van der Waals surface area contributed by atoms with Crippen molar-refractivity contribution in [3.63, 3.8) is 0 Å². The van der Waals surface area contributed by atoms with E-state index in [4.69, 9.17) is 5.26 Å². The molecule has 0 saturated heterocycles. The van der Waals surface area contributed by atoms with Gasteiger partial charge in [-0.25, -0.2) is 0 Å². The van der Waals surface area contributed by atoms with Gasteiger partial charge >= 0.3 is 0 Å². The summed E-state index contributed by atoms with van der Waals surface area (Å²) in [6, 6.07) is 12.6. The van der Waals surface area contributed by atoms with Crippen LogP contribution < -0.4 is 0 Å². The third-order valence-corrected chi connectivity index (χ3v) is 3.34. The van der Waals surface area contributed by atoms with Gasteiger partial charge in [0.1, 0.15) is 0 Å². The molecule has 2 aromatic carbocycles. The molecule has 2 rings (SSSR count). The monoisotopic (exact) mass is 316 g/mol. The van der Waals surface area contributed by atoms with Crippen LogP contribution in [0.2, 0.25) is 0 Å². The number of allylic oxidation sites excluding steroid dienone is 1. The van der Waals surface area contributed by atoms with E-state index in [1.807, 2.05) is 24.3 Å². The predicted octanol–water partition coefficient (Wildman–Crippen LogP) is 4.05. The number of nitro benzene ring substituents is 1. The van der Waals surface area contributed by atoms with Crippen molar-refractivity contribution in [1.82, 2.24) is 0 Å². The Morgan fingerprint density at radius 1 is 1.37 bits per heavy atom. The fourth-order valence-electron chi connectivity index (χ4n) is 1.88. The van der Waals surface area contributed by atoms with Crippen LogP contribution in [-0.2, 0) is 0 Å². The summed E-state index contributed by atoms with van der Waals surface area (Å²) in [6.45, 7) is 0. The van der Waals surface area contributed by atoms with E-state index in [1.165, 1.54) is 0 Å². The third-order valence-electron chi connectivity index (χ3n) is 2.73.